The van der Waals surface area contributed by atoms with Crippen molar-refractivity contribution in [1.82, 2.24) is 30.4 Å². The van der Waals surface area contributed by atoms with Crippen LogP contribution in [0.4, 0.5) is 0 Å². The van der Waals surface area contributed by atoms with Crippen molar-refractivity contribution < 1.29 is 0 Å². The number of tetrazole rings is 1. The number of nitrogens with zero attached hydrogens (tertiary/aromatic N) is 5. The van der Waals surface area contributed by atoms with Crippen LogP contribution in [0, 0.1) is 0 Å². The lowest BCUT2D eigenvalue weighted by Gasteiger charge is -2.12. The molecule has 0 atom stereocenters. The molecule has 0 aliphatic heterocycles. The van der Waals surface area contributed by atoms with Crippen LogP contribution in [0.3, 0.4) is 0 Å². The molecule has 0 spiro atoms. The summed E-state index contributed by atoms with van der Waals surface area (Å²) in [5.41, 5.74) is 4.48. The van der Waals surface area contributed by atoms with E-state index < -0.39 is 0 Å². The zero-order valence-corrected chi connectivity index (χ0v) is 14.6. The maximum atomic E-state index is 5.93. The number of rotatable bonds is 4. The highest BCUT2D eigenvalue weighted by Crippen LogP contribution is 2.52. The first-order chi connectivity index (χ1) is 12.7. The molecular weight excluding hydrogens is 348 g/mol. The van der Waals surface area contributed by atoms with E-state index in [-0.39, 0.29) is 5.41 Å². The molecule has 2 aromatic heterocycles. The number of hydrogen-bond acceptors (Lipinski definition) is 4. The van der Waals surface area contributed by atoms with Crippen LogP contribution in [-0.2, 0) is 5.41 Å². The van der Waals surface area contributed by atoms with E-state index >= 15 is 0 Å². The van der Waals surface area contributed by atoms with Crippen molar-refractivity contribution in [3.8, 4) is 16.8 Å². The lowest BCUT2D eigenvalue weighted by Crippen LogP contribution is -2.10. The van der Waals surface area contributed by atoms with Gasteiger partial charge in [-0.15, -0.1) is 10.2 Å². The van der Waals surface area contributed by atoms with Crippen LogP contribution in [0.15, 0.2) is 60.9 Å². The summed E-state index contributed by atoms with van der Waals surface area (Å²) in [4.78, 5) is 0. The van der Waals surface area contributed by atoms with E-state index in [9.17, 15) is 0 Å². The summed E-state index contributed by atoms with van der Waals surface area (Å²) in [6.45, 7) is 0. The minimum atomic E-state index is -0.0608. The molecule has 128 valence electrons. The highest BCUT2D eigenvalue weighted by molar-refractivity contribution is 6.30. The summed E-state index contributed by atoms with van der Waals surface area (Å²) < 4.78 is 1.76. The molecule has 7 heteroatoms. The summed E-state index contributed by atoms with van der Waals surface area (Å²) in [6, 6.07) is 16.9. The fourth-order valence-corrected chi connectivity index (χ4v) is 3.50. The third kappa shape index (κ3) is 2.50. The summed E-state index contributed by atoms with van der Waals surface area (Å²) >= 11 is 5.93. The van der Waals surface area contributed by atoms with Gasteiger partial charge in [-0.2, -0.15) is 10.3 Å². The number of benzene rings is 2. The Morgan fingerprint density at radius 1 is 0.962 bits per heavy atom. The standard InChI is InChI=1S/C19H15ClN6/c20-16-11-21-26(12-16)17-7-3-14(4-8-17)13-1-5-15(6-2-13)19(9-10-19)18-22-24-25-23-18/h1-8,11-12H,9-10H2,(H,22,23,24,25). The topological polar surface area (TPSA) is 72.3 Å². The molecule has 5 rings (SSSR count). The van der Waals surface area contributed by atoms with Gasteiger partial charge in [-0.25, -0.2) is 4.68 Å². The minimum Gasteiger partial charge on any atom is -0.239 e. The predicted molar refractivity (Wildman–Crippen MR) is 98.2 cm³/mol. The highest BCUT2D eigenvalue weighted by Gasteiger charge is 2.49. The smallest absolute Gasteiger partial charge is 0.185 e. The number of halogens is 1. The van der Waals surface area contributed by atoms with Gasteiger partial charge in [-0.3, -0.25) is 0 Å². The molecule has 6 nitrogen and oxygen atoms in total. The van der Waals surface area contributed by atoms with Gasteiger partial charge in [0.15, 0.2) is 5.82 Å². The maximum Gasteiger partial charge on any atom is 0.185 e. The summed E-state index contributed by atoms with van der Waals surface area (Å²) in [6.07, 6.45) is 5.55. The van der Waals surface area contributed by atoms with Gasteiger partial charge < -0.3 is 0 Å². The van der Waals surface area contributed by atoms with Crippen LogP contribution in [0.1, 0.15) is 24.2 Å². The van der Waals surface area contributed by atoms with Gasteiger partial charge in [0.2, 0.25) is 0 Å². The van der Waals surface area contributed by atoms with Gasteiger partial charge >= 0.3 is 0 Å². The molecule has 1 fully saturated rings. The summed E-state index contributed by atoms with van der Waals surface area (Å²) in [5.74, 6) is 0.785. The van der Waals surface area contributed by atoms with E-state index in [1.54, 1.807) is 17.1 Å². The second-order valence-corrected chi connectivity index (χ2v) is 6.98. The van der Waals surface area contributed by atoms with Crippen LogP contribution in [0.5, 0.6) is 0 Å². The molecule has 0 radical (unpaired) electrons. The second kappa shape index (κ2) is 5.78. The van der Waals surface area contributed by atoms with E-state index in [2.05, 4.69) is 62.1 Å². The largest absolute Gasteiger partial charge is 0.239 e. The maximum absolute atomic E-state index is 5.93. The van der Waals surface area contributed by atoms with E-state index in [1.807, 2.05) is 12.1 Å². The Morgan fingerprint density at radius 3 is 2.19 bits per heavy atom. The fourth-order valence-electron chi connectivity index (χ4n) is 3.36. The van der Waals surface area contributed by atoms with Gasteiger partial charge in [-0.1, -0.05) is 53.2 Å². The lowest BCUT2D eigenvalue weighted by atomic mass is 9.93. The normalized spacial score (nSPS) is 15.1. The Kier molecular flexibility index (Phi) is 3.39. The predicted octanol–water partition coefficient (Wildman–Crippen LogP) is 3.79. The Morgan fingerprint density at radius 2 is 1.65 bits per heavy atom. The van der Waals surface area contributed by atoms with E-state index in [0.717, 1.165) is 29.9 Å². The lowest BCUT2D eigenvalue weighted by molar-refractivity contribution is 0.759. The third-order valence-corrected chi connectivity index (χ3v) is 5.17. The van der Waals surface area contributed by atoms with Crippen LogP contribution in [0.2, 0.25) is 5.02 Å². The van der Waals surface area contributed by atoms with Crippen molar-refractivity contribution in [2.45, 2.75) is 18.3 Å². The Balaban J connectivity index is 1.41. The van der Waals surface area contributed by atoms with Gasteiger partial charge in [-0.05, 0) is 41.7 Å². The summed E-state index contributed by atoms with van der Waals surface area (Å²) in [5, 5.41) is 19.5. The molecule has 1 saturated carbocycles. The molecule has 2 aromatic carbocycles. The number of aromatic amines is 1. The first kappa shape index (κ1) is 15.3. The monoisotopic (exact) mass is 362 g/mol. The van der Waals surface area contributed by atoms with E-state index in [1.165, 1.54) is 11.1 Å². The quantitative estimate of drug-likeness (QED) is 0.599. The van der Waals surface area contributed by atoms with Crippen molar-refractivity contribution in [3.63, 3.8) is 0 Å². The Hall–Kier alpha value is -2.99. The molecule has 0 unspecified atom stereocenters. The molecule has 4 aromatic rings. The molecule has 1 aliphatic rings. The van der Waals surface area contributed by atoms with Crippen LogP contribution in [0.25, 0.3) is 16.8 Å². The summed E-state index contributed by atoms with van der Waals surface area (Å²) in [7, 11) is 0. The highest BCUT2D eigenvalue weighted by atomic mass is 35.5. The SMILES string of the molecule is Clc1cnn(-c2ccc(-c3ccc(C4(c5nn[nH]n5)CC4)cc3)cc2)c1. The van der Waals surface area contributed by atoms with Crippen LogP contribution >= 0.6 is 11.6 Å². The number of aromatic nitrogens is 6. The van der Waals surface area contributed by atoms with Crippen LogP contribution < -0.4 is 0 Å². The number of nitrogens with one attached hydrogen (secondary N) is 1. The Labute approximate surface area is 154 Å². The fraction of sp³-hybridized carbons (Fsp3) is 0.158. The van der Waals surface area contributed by atoms with Gasteiger partial charge in [0.05, 0.1) is 22.3 Å². The van der Waals surface area contributed by atoms with Crippen molar-refractivity contribution in [2.75, 3.05) is 0 Å². The van der Waals surface area contributed by atoms with E-state index in [4.69, 9.17) is 11.6 Å². The van der Waals surface area contributed by atoms with Crippen LogP contribution in [-0.4, -0.2) is 30.4 Å². The third-order valence-electron chi connectivity index (χ3n) is 4.98. The average molecular weight is 363 g/mol. The van der Waals surface area contributed by atoms with E-state index in [0.29, 0.717) is 5.02 Å². The molecule has 1 aliphatic carbocycles. The first-order valence-corrected chi connectivity index (χ1v) is 8.78. The molecular formula is C19H15ClN6. The molecule has 1 N–H and O–H groups in total. The van der Waals surface area contributed by atoms with Gasteiger partial charge in [0.25, 0.3) is 0 Å². The molecule has 26 heavy (non-hydrogen) atoms. The number of hydrogen-bond donors (Lipinski definition) is 1. The zero-order chi connectivity index (χ0) is 17.6. The second-order valence-electron chi connectivity index (χ2n) is 6.54. The molecule has 2 heterocycles. The molecule has 0 saturated heterocycles. The van der Waals surface area contributed by atoms with Crippen molar-refractivity contribution >= 4 is 11.6 Å². The van der Waals surface area contributed by atoms with Crippen molar-refractivity contribution in [1.29, 1.82) is 0 Å². The van der Waals surface area contributed by atoms with Gasteiger partial charge in [0, 0.05) is 6.20 Å². The molecule has 0 amide bonds. The van der Waals surface area contributed by atoms with Crippen molar-refractivity contribution in [3.05, 3.63) is 77.3 Å². The zero-order valence-electron chi connectivity index (χ0n) is 13.8. The molecule has 0 bridgehead atoms. The van der Waals surface area contributed by atoms with Gasteiger partial charge in [0.1, 0.15) is 0 Å². The Bertz CT molecular complexity index is 1030. The minimum absolute atomic E-state index is 0.0608. The first-order valence-electron chi connectivity index (χ1n) is 8.40. The number of H-pyrrole nitrogens is 1. The van der Waals surface area contributed by atoms with Crippen molar-refractivity contribution in [2.24, 2.45) is 0 Å². The average Bonchev–Trinajstić information content (AvgIpc) is 3.09.